The van der Waals surface area contributed by atoms with Crippen molar-refractivity contribution in [2.45, 2.75) is 23.1 Å². The second-order valence-corrected chi connectivity index (χ2v) is 9.62. The van der Waals surface area contributed by atoms with Crippen molar-refractivity contribution in [1.82, 2.24) is 10.5 Å². The van der Waals surface area contributed by atoms with Crippen LogP contribution in [0.3, 0.4) is 0 Å². The molecule has 0 radical (unpaired) electrons. The summed E-state index contributed by atoms with van der Waals surface area (Å²) in [6.45, 7) is 1.51. The Morgan fingerprint density at radius 2 is 1.91 bits per heavy atom. The van der Waals surface area contributed by atoms with E-state index >= 15 is 0 Å². The maximum absolute atomic E-state index is 13.9. The van der Waals surface area contributed by atoms with E-state index in [-0.39, 0.29) is 38.6 Å². The van der Waals surface area contributed by atoms with Crippen molar-refractivity contribution in [2.24, 2.45) is 0 Å². The summed E-state index contributed by atoms with van der Waals surface area (Å²) in [5, 5.41) is 9.61. The van der Waals surface area contributed by atoms with Gasteiger partial charge in [0, 0.05) is 30.1 Å². The summed E-state index contributed by atoms with van der Waals surface area (Å²) in [6.07, 6.45) is 4.75. The summed E-state index contributed by atoms with van der Waals surface area (Å²) < 4.78 is 38.4. The molecule has 0 bridgehead atoms. The summed E-state index contributed by atoms with van der Waals surface area (Å²) in [4.78, 5) is 16.8. The number of carbonyl (C=O) groups is 1. The van der Waals surface area contributed by atoms with E-state index < -0.39 is 15.7 Å². The van der Waals surface area contributed by atoms with Crippen LogP contribution in [0, 0.1) is 6.92 Å². The number of nitrogens with two attached hydrogens (primary N) is 1. The number of nitrogens with one attached hydrogen (secondary N) is 1. The number of hydrogen-bond donors (Lipinski definition) is 3. The first-order valence-electron chi connectivity index (χ1n) is 10.5. The summed E-state index contributed by atoms with van der Waals surface area (Å²) in [5.41, 5.74) is 9.50. The number of nitrogens with zero attached hydrogens (tertiary/aromatic N) is 1. The predicted molar refractivity (Wildman–Crippen MR) is 128 cm³/mol. The third-order valence-corrected chi connectivity index (χ3v) is 7.62. The molecule has 0 aliphatic carbocycles. The number of hydrogen-bond acceptors (Lipinski definition) is 8. The third kappa shape index (κ3) is 4.36. The smallest absolute Gasteiger partial charge is 0.276 e. The molecular weight excluding hydrogens is 470 g/mol. The topological polar surface area (TPSA) is 145 Å². The van der Waals surface area contributed by atoms with Crippen LogP contribution >= 0.6 is 0 Å². The van der Waals surface area contributed by atoms with E-state index in [0.717, 1.165) is 0 Å². The highest BCUT2D eigenvalue weighted by molar-refractivity contribution is 7.91. The first-order chi connectivity index (χ1) is 16.8. The quantitative estimate of drug-likeness (QED) is 0.200. The fourth-order valence-electron chi connectivity index (χ4n) is 4.01. The number of furan rings is 1. The summed E-state index contributed by atoms with van der Waals surface area (Å²) in [5.74, 6) is -0.171. The molecule has 4 aromatic rings. The van der Waals surface area contributed by atoms with Crippen molar-refractivity contribution in [3.8, 4) is 17.1 Å². The minimum Gasteiger partial charge on any atom is -0.497 e. The maximum atomic E-state index is 13.9. The van der Waals surface area contributed by atoms with Crippen LogP contribution in [0.4, 0.5) is 5.69 Å². The van der Waals surface area contributed by atoms with Crippen LogP contribution in [-0.2, 0) is 16.3 Å². The molecule has 0 aliphatic rings. The Bertz CT molecular complexity index is 1470. The molecule has 0 fully saturated rings. The molecule has 9 nitrogen and oxygen atoms in total. The summed E-state index contributed by atoms with van der Waals surface area (Å²) in [6, 6.07) is 12.6. The zero-order valence-electron chi connectivity index (χ0n) is 19.0. The SMILES string of the molecule is COc1ccc(S(=O)(=O)c2c(C)c(N)c(-c3ccco3)c(Cc3cccnc3)c2C(=O)NO)cc1. The molecule has 0 unspecified atom stereocenters. The van der Waals surface area contributed by atoms with Crippen LogP contribution in [0.2, 0.25) is 0 Å². The number of nitrogen functional groups attached to an aromatic ring is 1. The summed E-state index contributed by atoms with van der Waals surface area (Å²) in [7, 11) is -2.79. The number of pyridine rings is 1. The lowest BCUT2D eigenvalue weighted by Crippen LogP contribution is -2.26. The normalized spacial score (nSPS) is 11.3. The molecule has 2 heterocycles. The molecule has 0 saturated carbocycles. The Morgan fingerprint density at radius 1 is 1.17 bits per heavy atom. The summed E-state index contributed by atoms with van der Waals surface area (Å²) >= 11 is 0. The maximum Gasteiger partial charge on any atom is 0.276 e. The Morgan fingerprint density at radius 3 is 2.49 bits per heavy atom. The Labute approximate surface area is 202 Å². The van der Waals surface area contributed by atoms with Crippen molar-refractivity contribution < 1.29 is 27.6 Å². The average molecular weight is 494 g/mol. The fourth-order valence-corrected chi connectivity index (χ4v) is 5.74. The zero-order valence-corrected chi connectivity index (χ0v) is 19.8. The number of benzene rings is 2. The van der Waals surface area contributed by atoms with Crippen LogP contribution in [0.1, 0.15) is 27.0 Å². The molecular formula is C25H23N3O6S. The van der Waals surface area contributed by atoms with Gasteiger partial charge in [0.15, 0.2) is 0 Å². The van der Waals surface area contributed by atoms with Crippen molar-refractivity contribution in [1.29, 1.82) is 0 Å². The van der Waals surface area contributed by atoms with Gasteiger partial charge in [-0.15, -0.1) is 0 Å². The van der Waals surface area contributed by atoms with Gasteiger partial charge in [-0.2, -0.15) is 0 Å². The van der Waals surface area contributed by atoms with Crippen molar-refractivity contribution in [3.63, 3.8) is 0 Å². The number of methoxy groups -OCH3 is 1. The van der Waals surface area contributed by atoms with Crippen LogP contribution in [-0.4, -0.2) is 31.6 Å². The average Bonchev–Trinajstić information content (AvgIpc) is 3.40. The molecule has 4 rings (SSSR count). The minimum atomic E-state index is -4.26. The highest BCUT2D eigenvalue weighted by atomic mass is 32.2. The highest BCUT2D eigenvalue weighted by Gasteiger charge is 2.34. The fraction of sp³-hybridized carbons (Fsp3) is 0.120. The van der Waals surface area contributed by atoms with Crippen LogP contribution < -0.4 is 16.0 Å². The molecule has 2 aromatic carbocycles. The number of sulfone groups is 1. The van der Waals surface area contributed by atoms with E-state index in [1.165, 1.54) is 44.6 Å². The molecule has 0 aliphatic heterocycles. The molecule has 180 valence electrons. The Hall–Kier alpha value is -4.15. The molecule has 0 spiro atoms. The van der Waals surface area contributed by atoms with Gasteiger partial charge in [-0.05, 0) is 66.1 Å². The number of anilines is 1. The van der Waals surface area contributed by atoms with E-state index in [1.54, 1.807) is 42.1 Å². The molecule has 0 saturated heterocycles. The van der Waals surface area contributed by atoms with Gasteiger partial charge in [-0.25, -0.2) is 13.9 Å². The predicted octanol–water partition coefficient (Wildman–Crippen LogP) is 3.78. The van der Waals surface area contributed by atoms with Gasteiger partial charge in [-0.1, -0.05) is 6.07 Å². The number of rotatable bonds is 7. The lowest BCUT2D eigenvalue weighted by atomic mass is 9.89. The number of ether oxygens (including phenoxy) is 1. The van der Waals surface area contributed by atoms with Gasteiger partial charge in [0.1, 0.15) is 11.5 Å². The second-order valence-electron chi connectivity index (χ2n) is 7.73. The van der Waals surface area contributed by atoms with E-state index in [2.05, 4.69) is 4.98 Å². The molecule has 1 amide bonds. The van der Waals surface area contributed by atoms with Crippen molar-refractivity contribution in [2.75, 3.05) is 12.8 Å². The molecule has 0 atom stereocenters. The number of amides is 1. The third-order valence-electron chi connectivity index (χ3n) is 5.68. The Balaban J connectivity index is 2.09. The first-order valence-corrected chi connectivity index (χ1v) is 12.0. The van der Waals surface area contributed by atoms with Crippen molar-refractivity contribution in [3.05, 3.63) is 89.4 Å². The van der Waals surface area contributed by atoms with Gasteiger partial charge < -0.3 is 14.9 Å². The lowest BCUT2D eigenvalue weighted by molar-refractivity contribution is 0.0701. The van der Waals surface area contributed by atoms with Crippen LogP contribution in [0.25, 0.3) is 11.3 Å². The molecule has 35 heavy (non-hydrogen) atoms. The minimum absolute atomic E-state index is 0.0640. The molecule has 10 heteroatoms. The van der Waals surface area contributed by atoms with E-state index in [1.807, 2.05) is 0 Å². The van der Waals surface area contributed by atoms with Gasteiger partial charge in [0.25, 0.3) is 5.91 Å². The van der Waals surface area contributed by atoms with E-state index in [0.29, 0.717) is 22.6 Å². The van der Waals surface area contributed by atoms with E-state index in [9.17, 15) is 18.4 Å². The van der Waals surface area contributed by atoms with Gasteiger partial charge in [0.2, 0.25) is 9.84 Å². The standard InChI is InChI=1S/C25H23N3O6S/c1-15-23(26)21(20-6-4-12-34-20)19(13-16-5-3-11-27-14-16)22(25(29)28-30)24(15)35(31,32)18-9-7-17(33-2)8-10-18/h3-12,14,30H,13,26H2,1-2H3,(H,28,29). The zero-order chi connectivity index (χ0) is 25.2. The van der Waals surface area contributed by atoms with Crippen LogP contribution in [0.15, 0.2) is 81.4 Å². The molecule has 4 N–H and O–H groups in total. The largest absolute Gasteiger partial charge is 0.497 e. The Kier molecular flexibility index (Phi) is 6.59. The van der Waals surface area contributed by atoms with Gasteiger partial charge >= 0.3 is 0 Å². The number of hydroxylamine groups is 1. The highest BCUT2D eigenvalue weighted by Crippen LogP contribution is 2.42. The first kappa shape index (κ1) is 24.0. The lowest BCUT2D eigenvalue weighted by Gasteiger charge is -2.22. The van der Waals surface area contributed by atoms with Gasteiger partial charge in [0.05, 0.1) is 28.7 Å². The number of carbonyl (C=O) groups excluding carboxylic acids is 1. The van der Waals surface area contributed by atoms with Crippen LogP contribution in [0.5, 0.6) is 5.75 Å². The van der Waals surface area contributed by atoms with Crippen molar-refractivity contribution >= 4 is 21.4 Å². The van der Waals surface area contributed by atoms with E-state index in [4.69, 9.17) is 14.9 Å². The van der Waals surface area contributed by atoms with Gasteiger partial charge in [-0.3, -0.25) is 15.0 Å². The monoisotopic (exact) mass is 493 g/mol. The molecule has 2 aromatic heterocycles. The second kappa shape index (κ2) is 9.61. The number of aromatic nitrogens is 1.